The Bertz CT molecular complexity index is 892. The fraction of sp³-hybridized carbons (Fsp3) is 0.150. The molecule has 0 atom stereocenters. The molecule has 0 bridgehead atoms. The van der Waals surface area contributed by atoms with Crippen LogP contribution in [0.1, 0.15) is 16.7 Å². The van der Waals surface area contributed by atoms with Crippen LogP contribution >= 0.6 is 0 Å². The van der Waals surface area contributed by atoms with Crippen LogP contribution < -0.4 is 11.3 Å². The molecule has 0 amide bonds. The van der Waals surface area contributed by atoms with Crippen molar-refractivity contribution in [1.82, 2.24) is 4.57 Å². The number of rotatable bonds is 3. The first-order chi connectivity index (χ1) is 11.1. The molecule has 3 nitrogen and oxygen atoms in total. The van der Waals surface area contributed by atoms with Crippen LogP contribution in [0.25, 0.3) is 16.9 Å². The summed E-state index contributed by atoms with van der Waals surface area (Å²) in [5, 5.41) is 0. The van der Waals surface area contributed by atoms with Crippen LogP contribution in [0.2, 0.25) is 0 Å². The SMILES string of the molecule is Cc1ccc(-c2ccc(CN)c(=O)n2-c2ccccc2C)cc1. The highest BCUT2D eigenvalue weighted by Gasteiger charge is 2.13. The third-order valence-electron chi connectivity index (χ3n) is 4.08. The van der Waals surface area contributed by atoms with E-state index in [0.717, 1.165) is 22.5 Å². The number of pyridine rings is 1. The van der Waals surface area contributed by atoms with Crippen molar-refractivity contribution in [1.29, 1.82) is 0 Å². The summed E-state index contributed by atoms with van der Waals surface area (Å²) in [5.74, 6) is 0. The molecule has 0 unspecified atom stereocenters. The van der Waals surface area contributed by atoms with E-state index in [0.29, 0.717) is 5.56 Å². The number of nitrogens with two attached hydrogens (primary N) is 1. The maximum absolute atomic E-state index is 12.9. The van der Waals surface area contributed by atoms with E-state index in [1.54, 1.807) is 4.57 Å². The van der Waals surface area contributed by atoms with Gasteiger partial charge in [0.15, 0.2) is 0 Å². The number of hydrogen-bond acceptors (Lipinski definition) is 2. The van der Waals surface area contributed by atoms with Crippen LogP contribution in [0.15, 0.2) is 65.5 Å². The Morgan fingerprint density at radius 2 is 1.61 bits per heavy atom. The summed E-state index contributed by atoms with van der Waals surface area (Å²) >= 11 is 0. The molecule has 0 spiro atoms. The minimum absolute atomic E-state index is 0.0557. The Kier molecular flexibility index (Phi) is 4.13. The molecule has 116 valence electrons. The Hall–Kier alpha value is -2.65. The fourth-order valence-corrected chi connectivity index (χ4v) is 2.74. The van der Waals surface area contributed by atoms with E-state index in [-0.39, 0.29) is 12.1 Å². The topological polar surface area (TPSA) is 48.0 Å². The average Bonchev–Trinajstić information content (AvgIpc) is 2.56. The predicted octanol–water partition coefficient (Wildman–Crippen LogP) is 3.58. The molecular weight excluding hydrogens is 284 g/mol. The van der Waals surface area contributed by atoms with E-state index < -0.39 is 0 Å². The molecule has 0 fully saturated rings. The van der Waals surface area contributed by atoms with Gasteiger partial charge < -0.3 is 5.73 Å². The third-order valence-corrected chi connectivity index (χ3v) is 4.08. The van der Waals surface area contributed by atoms with Crippen molar-refractivity contribution in [2.75, 3.05) is 0 Å². The fourth-order valence-electron chi connectivity index (χ4n) is 2.74. The van der Waals surface area contributed by atoms with Gasteiger partial charge in [-0.05, 0) is 37.1 Å². The van der Waals surface area contributed by atoms with Gasteiger partial charge in [0, 0.05) is 12.1 Å². The maximum atomic E-state index is 12.9. The Labute approximate surface area is 136 Å². The van der Waals surface area contributed by atoms with Crippen molar-refractivity contribution in [3.8, 4) is 16.9 Å². The lowest BCUT2D eigenvalue weighted by molar-refractivity contribution is 0.925. The van der Waals surface area contributed by atoms with Gasteiger partial charge >= 0.3 is 0 Å². The van der Waals surface area contributed by atoms with Crippen LogP contribution in [-0.4, -0.2) is 4.57 Å². The van der Waals surface area contributed by atoms with Crippen LogP contribution in [0.4, 0.5) is 0 Å². The molecule has 0 saturated carbocycles. The molecule has 1 aromatic heterocycles. The molecule has 2 N–H and O–H groups in total. The van der Waals surface area contributed by atoms with E-state index in [1.165, 1.54) is 5.56 Å². The van der Waals surface area contributed by atoms with E-state index in [4.69, 9.17) is 5.73 Å². The number of para-hydroxylation sites is 1. The molecular formula is C20H20N2O. The van der Waals surface area contributed by atoms with Gasteiger partial charge in [-0.2, -0.15) is 0 Å². The molecule has 23 heavy (non-hydrogen) atoms. The zero-order valence-corrected chi connectivity index (χ0v) is 13.4. The second kappa shape index (κ2) is 6.23. The quantitative estimate of drug-likeness (QED) is 0.804. The highest BCUT2D eigenvalue weighted by molar-refractivity contribution is 5.64. The minimum Gasteiger partial charge on any atom is -0.326 e. The first kappa shape index (κ1) is 15.3. The molecule has 0 aliphatic rings. The molecule has 0 aliphatic carbocycles. The molecule has 0 saturated heterocycles. The van der Waals surface area contributed by atoms with Gasteiger partial charge in [-0.15, -0.1) is 0 Å². The Morgan fingerprint density at radius 1 is 0.913 bits per heavy atom. The predicted molar refractivity (Wildman–Crippen MR) is 94.8 cm³/mol. The summed E-state index contributed by atoms with van der Waals surface area (Å²) in [6.07, 6.45) is 0. The number of benzene rings is 2. The Balaban J connectivity index is 2.33. The molecule has 3 heteroatoms. The van der Waals surface area contributed by atoms with E-state index in [1.807, 2.05) is 55.5 Å². The van der Waals surface area contributed by atoms with Crippen LogP contribution in [0, 0.1) is 13.8 Å². The van der Waals surface area contributed by atoms with Crippen molar-refractivity contribution in [2.45, 2.75) is 20.4 Å². The van der Waals surface area contributed by atoms with Crippen LogP contribution in [0.5, 0.6) is 0 Å². The summed E-state index contributed by atoms with van der Waals surface area (Å²) in [4.78, 5) is 12.9. The summed E-state index contributed by atoms with van der Waals surface area (Å²) in [7, 11) is 0. The van der Waals surface area contributed by atoms with Crippen LogP contribution in [0.3, 0.4) is 0 Å². The second-order valence-electron chi connectivity index (χ2n) is 5.74. The number of aryl methyl sites for hydroxylation is 2. The summed E-state index contributed by atoms with van der Waals surface area (Å²) < 4.78 is 1.77. The average molecular weight is 304 g/mol. The second-order valence-corrected chi connectivity index (χ2v) is 5.74. The molecule has 2 aromatic carbocycles. The first-order valence-corrected chi connectivity index (χ1v) is 7.70. The van der Waals surface area contributed by atoms with Gasteiger partial charge in [-0.25, -0.2) is 0 Å². The lowest BCUT2D eigenvalue weighted by atomic mass is 10.1. The number of nitrogens with zero attached hydrogens (tertiary/aromatic N) is 1. The first-order valence-electron chi connectivity index (χ1n) is 7.70. The van der Waals surface area contributed by atoms with Gasteiger partial charge in [0.2, 0.25) is 0 Å². The normalized spacial score (nSPS) is 10.7. The summed E-state index contributed by atoms with van der Waals surface area (Å²) in [6, 6.07) is 19.9. The van der Waals surface area contributed by atoms with Gasteiger partial charge in [-0.3, -0.25) is 9.36 Å². The van der Waals surface area contributed by atoms with Crippen molar-refractivity contribution in [3.63, 3.8) is 0 Å². The monoisotopic (exact) mass is 304 g/mol. The van der Waals surface area contributed by atoms with Crippen molar-refractivity contribution >= 4 is 0 Å². The van der Waals surface area contributed by atoms with Gasteiger partial charge in [0.1, 0.15) is 0 Å². The van der Waals surface area contributed by atoms with Gasteiger partial charge in [0.25, 0.3) is 5.56 Å². The lowest BCUT2D eigenvalue weighted by Gasteiger charge is -2.16. The lowest BCUT2D eigenvalue weighted by Crippen LogP contribution is -2.25. The minimum atomic E-state index is -0.0557. The zero-order valence-electron chi connectivity index (χ0n) is 13.4. The largest absolute Gasteiger partial charge is 0.326 e. The van der Waals surface area contributed by atoms with Gasteiger partial charge in [0.05, 0.1) is 11.4 Å². The van der Waals surface area contributed by atoms with E-state index in [2.05, 4.69) is 19.1 Å². The smallest absolute Gasteiger partial charge is 0.260 e. The molecule has 1 heterocycles. The molecule has 3 aromatic rings. The van der Waals surface area contributed by atoms with Crippen LogP contribution in [-0.2, 0) is 6.54 Å². The van der Waals surface area contributed by atoms with Crippen molar-refractivity contribution < 1.29 is 0 Å². The number of aromatic nitrogens is 1. The van der Waals surface area contributed by atoms with Crippen molar-refractivity contribution in [3.05, 3.63) is 87.7 Å². The maximum Gasteiger partial charge on any atom is 0.260 e. The van der Waals surface area contributed by atoms with Gasteiger partial charge in [-0.1, -0.05) is 54.1 Å². The Morgan fingerprint density at radius 3 is 2.26 bits per heavy atom. The third kappa shape index (κ3) is 2.83. The number of hydrogen-bond donors (Lipinski definition) is 1. The molecule has 0 aliphatic heterocycles. The summed E-state index contributed by atoms with van der Waals surface area (Å²) in [5.41, 5.74) is 11.3. The van der Waals surface area contributed by atoms with E-state index in [9.17, 15) is 4.79 Å². The summed E-state index contributed by atoms with van der Waals surface area (Å²) in [6.45, 7) is 4.30. The van der Waals surface area contributed by atoms with E-state index >= 15 is 0 Å². The highest BCUT2D eigenvalue weighted by atomic mass is 16.1. The highest BCUT2D eigenvalue weighted by Crippen LogP contribution is 2.23. The molecule has 3 rings (SSSR count). The van der Waals surface area contributed by atoms with Crippen molar-refractivity contribution in [2.24, 2.45) is 5.73 Å². The standard InChI is InChI=1S/C20H20N2O/c1-14-7-9-16(10-8-14)19-12-11-17(13-21)20(23)22(19)18-6-4-3-5-15(18)2/h3-12H,13,21H2,1-2H3. The zero-order chi connectivity index (χ0) is 16.4. The molecule has 0 radical (unpaired) electrons.